The van der Waals surface area contributed by atoms with Crippen LogP contribution in [0, 0.1) is 6.92 Å². The summed E-state index contributed by atoms with van der Waals surface area (Å²) in [6.07, 6.45) is 5.86. The number of anilines is 1. The Balaban J connectivity index is 1.72. The Labute approximate surface area is 189 Å². The Morgan fingerprint density at radius 1 is 1.19 bits per heavy atom. The maximum atomic E-state index is 13.3. The number of carbonyl (C=O) groups is 2. The number of carbonyl (C=O) groups excluding carboxylic acids is 2. The van der Waals surface area contributed by atoms with Crippen LogP contribution < -0.4 is 19.7 Å². The number of hydrogen-bond donors (Lipinski definition) is 1. The van der Waals surface area contributed by atoms with Gasteiger partial charge in [0.25, 0.3) is 0 Å². The van der Waals surface area contributed by atoms with E-state index in [-0.39, 0.29) is 18.0 Å². The number of aromatic nitrogens is 2. The lowest BCUT2D eigenvalue weighted by atomic mass is 10.0. The van der Waals surface area contributed by atoms with Crippen molar-refractivity contribution in [3.8, 4) is 11.5 Å². The molecule has 1 saturated heterocycles. The first-order valence-electron chi connectivity index (χ1n) is 11.0. The van der Waals surface area contributed by atoms with Crippen molar-refractivity contribution in [2.24, 2.45) is 0 Å². The number of imidazole rings is 1. The van der Waals surface area contributed by atoms with Crippen LogP contribution in [-0.4, -0.2) is 66.3 Å². The molecule has 9 nitrogen and oxygen atoms in total. The Bertz CT molecular complexity index is 921. The molecular weight excluding hydrogens is 410 g/mol. The highest BCUT2D eigenvalue weighted by Gasteiger charge is 2.30. The summed E-state index contributed by atoms with van der Waals surface area (Å²) in [5.41, 5.74) is 1.84. The van der Waals surface area contributed by atoms with Crippen molar-refractivity contribution < 1.29 is 19.1 Å². The van der Waals surface area contributed by atoms with Crippen LogP contribution in [0.5, 0.6) is 11.5 Å². The van der Waals surface area contributed by atoms with E-state index in [1.807, 2.05) is 30.2 Å². The normalized spacial score (nSPS) is 14.2. The summed E-state index contributed by atoms with van der Waals surface area (Å²) in [4.78, 5) is 32.8. The van der Waals surface area contributed by atoms with E-state index < -0.39 is 0 Å². The highest BCUT2D eigenvalue weighted by atomic mass is 16.5. The predicted molar refractivity (Wildman–Crippen MR) is 122 cm³/mol. The van der Waals surface area contributed by atoms with Gasteiger partial charge in [-0.25, -0.2) is 9.78 Å². The molecule has 0 saturated carbocycles. The van der Waals surface area contributed by atoms with E-state index in [1.54, 1.807) is 38.4 Å². The number of nitrogens with one attached hydrogen (secondary N) is 1. The maximum Gasteiger partial charge on any atom is 0.322 e. The Kier molecular flexibility index (Phi) is 7.97. The Morgan fingerprint density at radius 3 is 2.50 bits per heavy atom. The number of methoxy groups -OCH3 is 2. The molecule has 0 unspecified atom stereocenters. The lowest BCUT2D eigenvalue weighted by Crippen LogP contribution is -2.51. The van der Waals surface area contributed by atoms with Gasteiger partial charge in [0.1, 0.15) is 0 Å². The highest BCUT2D eigenvalue weighted by molar-refractivity contribution is 5.93. The molecule has 0 aliphatic carbocycles. The first kappa shape index (κ1) is 23.4. The average molecular weight is 444 g/mol. The number of hydrogen-bond acceptors (Lipinski definition) is 5. The predicted octanol–water partition coefficient (Wildman–Crippen LogP) is 2.83. The van der Waals surface area contributed by atoms with Gasteiger partial charge in [0.15, 0.2) is 11.5 Å². The fourth-order valence-electron chi connectivity index (χ4n) is 4.06. The summed E-state index contributed by atoms with van der Waals surface area (Å²) >= 11 is 0. The van der Waals surface area contributed by atoms with Crippen molar-refractivity contribution in [1.29, 1.82) is 0 Å². The summed E-state index contributed by atoms with van der Waals surface area (Å²) in [6, 6.07) is 5.33. The number of amides is 3. The first-order valence-corrected chi connectivity index (χ1v) is 11.0. The van der Waals surface area contributed by atoms with Crippen LogP contribution in [0.2, 0.25) is 0 Å². The van der Waals surface area contributed by atoms with E-state index in [1.165, 1.54) is 0 Å². The topological polar surface area (TPSA) is 88.9 Å². The second-order valence-corrected chi connectivity index (χ2v) is 7.96. The molecule has 1 fully saturated rings. The quantitative estimate of drug-likeness (QED) is 0.634. The van der Waals surface area contributed by atoms with Gasteiger partial charge in [-0.3, -0.25) is 9.69 Å². The molecule has 2 heterocycles. The van der Waals surface area contributed by atoms with Gasteiger partial charge in [-0.2, -0.15) is 0 Å². The summed E-state index contributed by atoms with van der Waals surface area (Å²) < 4.78 is 12.9. The van der Waals surface area contributed by atoms with Gasteiger partial charge in [0.2, 0.25) is 5.91 Å². The summed E-state index contributed by atoms with van der Waals surface area (Å²) in [7, 11) is 3.16. The van der Waals surface area contributed by atoms with Crippen molar-refractivity contribution in [1.82, 2.24) is 19.8 Å². The van der Waals surface area contributed by atoms with Crippen LogP contribution in [0.15, 0.2) is 30.7 Å². The van der Waals surface area contributed by atoms with Crippen molar-refractivity contribution in [3.05, 3.63) is 36.4 Å². The van der Waals surface area contributed by atoms with Crippen molar-refractivity contribution >= 4 is 17.6 Å². The van der Waals surface area contributed by atoms with E-state index in [0.717, 1.165) is 37.2 Å². The summed E-state index contributed by atoms with van der Waals surface area (Å²) in [6.45, 7) is 6.21. The third-order valence-corrected chi connectivity index (χ3v) is 5.91. The fourth-order valence-corrected chi connectivity index (χ4v) is 4.06. The molecule has 1 aliphatic heterocycles. The lowest BCUT2D eigenvalue weighted by molar-refractivity contribution is -0.129. The summed E-state index contributed by atoms with van der Waals surface area (Å²) in [5.74, 6) is 1.25. The zero-order chi connectivity index (χ0) is 23.1. The molecule has 32 heavy (non-hydrogen) atoms. The van der Waals surface area contributed by atoms with Crippen LogP contribution in [0.3, 0.4) is 0 Å². The smallest absolute Gasteiger partial charge is 0.322 e. The minimum atomic E-state index is -0.152. The minimum Gasteiger partial charge on any atom is -0.493 e. The number of likely N-dealkylation sites (tertiary alicyclic amines) is 1. The van der Waals surface area contributed by atoms with Crippen LogP contribution in [0.25, 0.3) is 0 Å². The van der Waals surface area contributed by atoms with E-state index in [4.69, 9.17) is 9.47 Å². The third-order valence-electron chi connectivity index (χ3n) is 5.91. The fraction of sp³-hybridized carbons (Fsp3) is 0.522. The molecule has 1 aromatic heterocycles. The monoisotopic (exact) mass is 443 g/mol. The molecule has 3 rings (SSSR count). The summed E-state index contributed by atoms with van der Waals surface area (Å²) in [5, 5.41) is 3.06. The second kappa shape index (κ2) is 10.9. The number of aryl methyl sites for hydroxylation is 2. The maximum absolute atomic E-state index is 13.3. The molecule has 0 spiro atoms. The molecule has 174 valence electrons. The van der Waals surface area contributed by atoms with Gasteiger partial charge < -0.3 is 24.3 Å². The molecule has 9 heteroatoms. The van der Waals surface area contributed by atoms with Crippen molar-refractivity contribution in [3.63, 3.8) is 0 Å². The molecule has 2 aromatic rings. The van der Waals surface area contributed by atoms with Crippen LogP contribution in [-0.2, 0) is 11.3 Å². The van der Waals surface area contributed by atoms with Gasteiger partial charge in [-0.1, -0.05) is 0 Å². The molecule has 0 atom stereocenters. The highest BCUT2D eigenvalue weighted by Crippen LogP contribution is 2.33. The number of ether oxygens (including phenoxy) is 2. The second-order valence-electron chi connectivity index (χ2n) is 7.96. The first-order chi connectivity index (χ1) is 15.4. The van der Waals surface area contributed by atoms with Gasteiger partial charge in [-0.15, -0.1) is 0 Å². The van der Waals surface area contributed by atoms with Crippen molar-refractivity contribution in [2.45, 2.75) is 45.7 Å². The number of rotatable bonds is 8. The standard InChI is InChI=1S/C23H33N5O4/c1-17-15-24-16-27(17)11-5-10-25-23(30)28(19-8-12-26(13-9-19)18(2)29)20-6-7-21(31-3)22(14-20)32-4/h6-7,14-16,19H,5,8-13H2,1-4H3,(H,25,30). The Hall–Kier alpha value is -3.23. The van der Waals surface area contributed by atoms with E-state index in [9.17, 15) is 9.59 Å². The van der Waals surface area contributed by atoms with Crippen LogP contribution in [0.1, 0.15) is 31.9 Å². The lowest BCUT2D eigenvalue weighted by Gasteiger charge is -2.38. The van der Waals surface area contributed by atoms with Crippen LogP contribution in [0.4, 0.5) is 10.5 Å². The van der Waals surface area contributed by atoms with Crippen molar-refractivity contribution in [2.75, 3.05) is 38.8 Å². The van der Waals surface area contributed by atoms with Crippen LogP contribution >= 0.6 is 0 Å². The molecule has 1 N–H and O–H groups in total. The molecule has 1 aliphatic rings. The zero-order valence-corrected chi connectivity index (χ0v) is 19.3. The third kappa shape index (κ3) is 5.52. The largest absolute Gasteiger partial charge is 0.493 e. The molecule has 3 amide bonds. The van der Waals surface area contributed by atoms with Gasteiger partial charge in [0, 0.05) is 62.8 Å². The van der Waals surface area contributed by atoms with E-state index in [0.29, 0.717) is 31.1 Å². The van der Waals surface area contributed by atoms with Gasteiger partial charge in [-0.05, 0) is 38.3 Å². The zero-order valence-electron chi connectivity index (χ0n) is 19.3. The minimum absolute atomic E-state index is 0.0143. The van der Waals surface area contributed by atoms with Gasteiger partial charge in [0.05, 0.1) is 20.5 Å². The molecule has 0 radical (unpaired) electrons. The van der Waals surface area contributed by atoms with E-state index in [2.05, 4.69) is 14.9 Å². The number of benzene rings is 1. The molecular formula is C23H33N5O4. The van der Waals surface area contributed by atoms with E-state index >= 15 is 0 Å². The SMILES string of the molecule is COc1ccc(N(C(=O)NCCCn2cncc2C)C2CCN(C(C)=O)CC2)cc1OC. The average Bonchev–Trinajstić information content (AvgIpc) is 3.21. The number of piperidine rings is 1. The number of urea groups is 1. The number of nitrogens with zero attached hydrogens (tertiary/aromatic N) is 4. The molecule has 1 aromatic carbocycles. The Morgan fingerprint density at radius 2 is 1.91 bits per heavy atom. The van der Waals surface area contributed by atoms with Gasteiger partial charge >= 0.3 is 6.03 Å². The molecule has 0 bridgehead atoms.